The predicted molar refractivity (Wildman–Crippen MR) is 147 cm³/mol. The first-order chi connectivity index (χ1) is 16.8. The number of carbonyl (C=O) groups is 1. The fourth-order valence-electron chi connectivity index (χ4n) is 2.61. The predicted octanol–water partition coefficient (Wildman–Crippen LogP) is 7.07. The first-order valence-corrected chi connectivity index (χ1v) is 13.7. The Bertz CT molecular complexity index is 1100. The van der Waals surface area contributed by atoms with Crippen molar-refractivity contribution in [3.8, 4) is 0 Å². The van der Waals surface area contributed by atoms with E-state index in [9.17, 15) is 18.4 Å². The Balaban J connectivity index is 0. The van der Waals surface area contributed by atoms with Crippen molar-refractivity contribution in [1.29, 1.82) is 0 Å². The molecule has 0 amide bonds. The maximum atomic E-state index is 12.9. The van der Waals surface area contributed by atoms with Gasteiger partial charge in [-0.1, -0.05) is 73.6 Å². The van der Waals surface area contributed by atoms with Crippen molar-refractivity contribution in [1.82, 2.24) is 0 Å². The summed E-state index contributed by atoms with van der Waals surface area (Å²) in [5.74, 6) is -0.371. The van der Waals surface area contributed by atoms with Gasteiger partial charge in [-0.25, -0.2) is 8.42 Å². The van der Waals surface area contributed by atoms with E-state index in [4.69, 9.17) is 0 Å². The Kier molecular flexibility index (Phi) is 17.6. The van der Waals surface area contributed by atoms with Crippen LogP contribution in [0.25, 0.3) is 0 Å². The van der Waals surface area contributed by atoms with Crippen LogP contribution >= 0.6 is 0 Å². The van der Waals surface area contributed by atoms with E-state index in [0.717, 1.165) is 11.1 Å². The van der Waals surface area contributed by atoms with Crippen LogP contribution < -0.4 is 9.45 Å². The lowest BCUT2D eigenvalue weighted by molar-refractivity contribution is -0.605. The minimum atomic E-state index is -3.84. The Labute approximate surface area is 212 Å². The summed E-state index contributed by atoms with van der Waals surface area (Å²) in [6.45, 7) is 19.7. The number of ketones is 1. The number of nitrogens with zero attached hydrogens (tertiary/aromatic N) is 1. The smallest absolute Gasteiger partial charge is 0.261 e. The largest absolute Gasteiger partial charge is 0.619 e. The van der Waals surface area contributed by atoms with Crippen molar-refractivity contribution in [3.63, 3.8) is 0 Å². The van der Waals surface area contributed by atoms with E-state index in [1.807, 2.05) is 69.2 Å². The average Bonchev–Trinajstić information content (AvgIpc) is 2.91. The van der Waals surface area contributed by atoms with E-state index in [-0.39, 0.29) is 21.9 Å². The van der Waals surface area contributed by atoms with Gasteiger partial charge >= 0.3 is 0 Å². The molecule has 0 saturated carbocycles. The number of hydrogen-bond acceptors (Lipinski definition) is 4. The van der Waals surface area contributed by atoms with Gasteiger partial charge in [0.1, 0.15) is 0 Å². The Morgan fingerprint density at radius 3 is 1.71 bits per heavy atom. The molecule has 0 spiro atoms. The third-order valence-corrected chi connectivity index (χ3v) is 5.62. The van der Waals surface area contributed by atoms with Gasteiger partial charge in [0.05, 0.1) is 10.6 Å². The SMILES string of the molecule is CC.CC.CC.CC.Cc1cc(NS(=O)(=O)c2ccccc2)c(C(=O)c2cc[n+]([O-])cc2)cc1C. The van der Waals surface area contributed by atoms with Crippen LogP contribution in [0.15, 0.2) is 71.9 Å². The van der Waals surface area contributed by atoms with E-state index in [1.165, 1.54) is 36.7 Å². The van der Waals surface area contributed by atoms with Crippen LogP contribution in [0.5, 0.6) is 0 Å². The molecule has 1 aromatic heterocycles. The molecule has 0 radical (unpaired) electrons. The number of carbonyl (C=O) groups excluding carboxylic acids is 1. The number of benzene rings is 2. The molecule has 0 aliphatic heterocycles. The molecule has 0 aliphatic rings. The molecule has 7 heteroatoms. The lowest BCUT2D eigenvalue weighted by atomic mass is 9.98. The second-order valence-corrected chi connectivity index (χ2v) is 7.86. The van der Waals surface area contributed by atoms with Gasteiger partial charge in [-0.2, -0.15) is 4.73 Å². The van der Waals surface area contributed by atoms with Crippen LogP contribution in [0.1, 0.15) is 82.4 Å². The molecule has 0 aliphatic carbocycles. The Morgan fingerprint density at radius 1 is 0.771 bits per heavy atom. The van der Waals surface area contributed by atoms with E-state index < -0.39 is 10.0 Å². The van der Waals surface area contributed by atoms with Gasteiger partial charge in [-0.15, -0.1) is 0 Å². The summed E-state index contributed by atoms with van der Waals surface area (Å²) >= 11 is 0. The van der Waals surface area contributed by atoms with E-state index in [2.05, 4.69) is 4.72 Å². The second-order valence-electron chi connectivity index (χ2n) is 6.18. The summed E-state index contributed by atoms with van der Waals surface area (Å²) in [4.78, 5) is 13.0. The number of aromatic nitrogens is 1. The molecular weight excluding hydrogens is 460 g/mol. The number of rotatable bonds is 5. The molecule has 3 rings (SSSR count). The standard InChI is InChI=1S/C20H18N2O4S.4C2H6/c1-14-12-18(20(23)16-8-10-22(24)11-9-16)19(13-15(14)2)21-27(25,26)17-6-4-3-5-7-17;4*1-2/h3-13,21H,1-2H3;4*1-2H3. The van der Waals surface area contributed by atoms with Crippen LogP contribution in [0.4, 0.5) is 5.69 Å². The number of anilines is 1. The molecule has 1 heterocycles. The second kappa shape index (κ2) is 18.2. The number of aryl methyl sites for hydroxylation is 2. The molecule has 0 bridgehead atoms. The van der Waals surface area contributed by atoms with Gasteiger partial charge in [-0.05, 0) is 49.2 Å². The summed E-state index contributed by atoms with van der Waals surface area (Å²) in [5, 5.41) is 11.2. The maximum absolute atomic E-state index is 12.9. The normalized spacial score (nSPS) is 9.31. The van der Waals surface area contributed by atoms with Gasteiger partial charge in [-0.3, -0.25) is 9.52 Å². The Hall–Kier alpha value is -3.19. The van der Waals surface area contributed by atoms with Gasteiger partial charge in [0.25, 0.3) is 10.0 Å². The molecule has 0 fully saturated rings. The number of sulfonamides is 1. The van der Waals surface area contributed by atoms with Crippen LogP contribution in [0.3, 0.4) is 0 Å². The minimum Gasteiger partial charge on any atom is -0.619 e. The van der Waals surface area contributed by atoms with Crippen molar-refractivity contribution in [2.24, 2.45) is 0 Å². The molecule has 35 heavy (non-hydrogen) atoms. The quantitative estimate of drug-likeness (QED) is 0.229. The van der Waals surface area contributed by atoms with E-state index >= 15 is 0 Å². The molecule has 6 nitrogen and oxygen atoms in total. The molecule has 3 aromatic rings. The molecule has 0 unspecified atom stereocenters. The number of nitrogens with one attached hydrogen (secondary N) is 1. The van der Waals surface area contributed by atoms with Crippen LogP contribution in [-0.2, 0) is 10.0 Å². The molecule has 0 atom stereocenters. The fraction of sp³-hybridized carbons (Fsp3) is 0.357. The zero-order valence-electron chi connectivity index (χ0n) is 22.8. The summed E-state index contributed by atoms with van der Waals surface area (Å²) in [7, 11) is -3.84. The van der Waals surface area contributed by atoms with Gasteiger partial charge in [0.15, 0.2) is 18.2 Å². The van der Waals surface area contributed by atoms with Crippen molar-refractivity contribution in [2.75, 3.05) is 4.72 Å². The monoisotopic (exact) mass is 502 g/mol. The minimum absolute atomic E-state index is 0.105. The number of pyridine rings is 1. The molecule has 0 saturated heterocycles. The molecular formula is C28H42N2O4S. The average molecular weight is 503 g/mol. The van der Waals surface area contributed by atoms with Gasteiger partial charge in [0, 0.05) is 23.3 Å². The summed E-state index contributed by atoms with van der Waals surface area (Å²) in [6, 6.07) is 14.0. The first-order valence-electron chi connectivity index (χ1n) is 12.2. The van der Waals surface area contributed by atoms with Crippen molar-refractivity contribution in [2.45, 2.75) is 74.1 Å². The van der Waals surface area contributed by atoms with Crippen molar-refractivity contribution < 1.29 is 17.9 Å². The highest BCUT2D eigenvalue weighted by atomic mass is 32.2. The van der Waals surface area contributed by atoms with E-state index in [0.29, 0.717) is 10.3 Å². The first kappa shape index (κ1) is 34.0. The van der Waals surface area contributed by atoms with Crippen molar-refractivity contribution >= 4 is 21.5 Å². The van der Waals surface area contributed by atoms with Gasteiger partial charge in [0.2, 0.25) is 0 Å². The third-order valence-electron chi connectivity index (χ3n) is 4.24. The third kappa shape index (κ3) is 10.3. The maximum Gasteiger partial charge on any atom is 0.261 e. The van der Waals surface area contributed by atoms with E-state index in [1.54, 1.807) is 30.3 Å². The zero-order valence-corrected chi connectivity index (χ0v) is 23.7. The molecule has 194 valence electrons. The van der Waals surface area contributed by atoms with Crippen LogP contribution in [0, 0.1) is 19.1 Å². The highest BCUT2D eigenvalue weighted by Gasteiger charge is 2.21. The van der Waals surface area contributed by atoms with Gasteiger partial charge < -0.3 is 5.21 Å². The molecule has 1 N–H and O–H groups in total. The summed E-state index contributed by atoms with van der Waals surface area (Å²) in [6.07, 6.45) is 2.45. The highest BCUT2D eigenvalue weighted by molar-refractivity contribution is 7.92. The summed E-state index contributed by atoms with van der Waals surface area (Å²) in [5.41, 5.74) is 2.43. The fourth-order valence-corrected chi connectivity index (χ4v) is 3.70. The summed E-state index contributed by atoms with van der Waals surface area (Å²) < 4.78 is 28.5. The molecule has 2 aromatic carbocycles. The zero-order chi connectivity index (χ0) is 27.6. The van der Waals surface area contributed by atoms with Crippen LogP contribution in [0.2, 0.25) is 0 Å². The lowest BCUT2D eigenvalue weighted by Gasteiger charge is -2.15. The Morgan fingerprint density at radius 2 is 1.23 bits per heavy atom. The van der Waals surface area contributed by atoms with Crippen molar-refractivity contribution in [3.05, 3.63) is 94.5 Å². The highest BCUT2D eigenvalue weighted by Crippen LogP contribution is 2.26. The topological polar surface area (TPSA) is 90.2 Å². The lowest BCUT2D eigenvalue weighted by Crippen LogP contribution is -2.24. The number of hydrogen-bond donors (Lipinski definition) is 1. The van der Waals surface area contributed by atoms with Crippen LogP contribution in [-0.4, -0.2) is 14.2 Å².